The maximum atomic E-state index is 12.3. The van der Waals surface area contributed by atoms with E-state index < -0.39 is 0 Å². The quantitative estimate of drug-likeness (QED) is 0.494. The van der Waals surface area contributed by atoms with Gasteiger partial charge in [-0.1, -0.05) is 12.2 Å². The van der Waals surface area contributed by atoms with Crippen LogP contribution in [0.15, 0.2) is 29.4 Å². The topological polar surface area (TPSA) is 69.2 Å². The number of carbonyl (C=O) groups is 1. The van der Waals surface area contributed by atoms with Crippen molar-refractivity contribution in [1.29, 1.82) is 0 Å². The summed E-state index contributed by atoms with van der Waals surface area (Å²) < 4.78 is 15.8. The van der Waals surface area contributed by atoms with E-state index in [-0.39, 0.29) is 5.91 Å². The first kappa shape index (κ1) is 16.4. The Morgan fingerprint density at radius 2 is 1.83 bits per heavy atom. The number of fused-ring (bicyclic) bond motifs is 2. The van der Waals surface area contributed by atoms with Gasteiger partial charge in [0, 0.05) is 17.7 Å². The van der Waals surface area contributed by atoms with E-state index in [1.165, 1.54) is 27.8 Å². The predicted octanol–water partition coefficient (Wildman–Crippen LogP) is 2.64. The molecule has 1 N–H and O–H groups in total. The molecule has 24 heavy (non-hydrogen) atoms. The number of amides is 1. The Balaban J connectivity index is 1.69. The smallest absolute Gasteiger partial charge is 0.271 e. The van der Waals surface area contributed by atoms with Gasteiger partial charge in [-0.2, -0.15) is 5.10 Å². The molecule has 6 heteroatoms. The fraction of sp³-hybridized carbons (Fsp3) is 0.444. The molecule has 1 saturated carbocycles. The largest absolute Gasteiger partial charge is 0.493 e. The van der Waals surface area contributed by atoms with E-state index in [2.05, 4.69) is 22.7 Å². The second-order valence-corrected chi connectivity index (χ2v) is 6.08. The molecule has 0 aromatic heterocycles. The summed E-state index contributed by atoms with van der Waals surface area (Å²) in [7, 11) is 4.55. The summed E-state index contributed by atoms with van der Waals surface area (Å²) >= 11 is 0. The van der Waals surface area contributed by atoms with Crippen LogP contribution in [-0.2, 0) is 0 Å². The van der Waals surface area contributed by atoms with Gasteiger partial charge in [-0.15, -0.1) is 0 Å². The second-order valence-electron chi connectivity index (χ2n) is 6.08. The zero-order valence-corrected chi connectivity index (χ0v) is 14.1. The summed E-state index contributed by atoms with van der Waals surface area (Å²) in [6.07, 6.45) is 8.71. The fourth-order valence-electron chi connectivity index (χ4n) is 3.46. The molecule has 6 nitrogen and oxygen atoms in total. The van der Waals surface area contributed by atoms with Gasteiger partial charge in [-0.25, -0.2) is 5.43 Å². The lowest BCUT2D eigenvalue weighted by Crippen LogP contribution is -2.19. The molecule has 0 heterocycles. The fourth-order valence-corrected chi connectivity index (χ4v) is 3.46. The minimum absolute atomic E-state index is 0.316. The van der Waals surface area contributed by atoms with Gasteiger partial charge >= 0.3 is 0 Å². The highest BCUT2D eigenvalue weighted by Gasteiger charge is 2.34. The molecule has 2 aliphatic carbocycles. The zero-order chi connectivity index (χ0) is 17.1. The van der Waals surface area contributed by atoms with Crippen molar-refractivity contribution in [3.63, 3.8) is 0 Å². The predicted molar refractivity (Wildman–Crippen MR) is 90.9 cm³/mol. The van der Waals surface area contributed by atoms with Gasteiger partial charge in [0.2, 0.25) is 5.75 Å². The number of ether oxygens (including phenoxy) is 3. The number of nitrogens with zero attached hydrogens (tertiary/aromatic N) is 1. The number of carbonyl (C=O) groups excluding carboxylic acids is 1. The van der Waals surface area contributed by atoms with Gasteiger partial charge in [0.1, 0.15) is 0 Å². The van der Waals surface area contributed by atoms with Crippen LogP contribution in [0.2, 0.25) is 0 Å². The monoisotopic (exact) mass is 330 g/mol. The molecule has 2 aliphatic rings. The maximum absolute atomic E-state index is 12.3. The number of rotatable bonds is 6. The summed E-state index contributed by atoms with van der Waals surface area (Å²) in [6, 6.07) is 3.21. The molecular weight excluding hydrogens is 308 g/mol. The van der Waals surface area contributed by atoms with Gasteiger partial charge in [-0.05, 0) is 36.8 Å². The normalized spacial score (nSPS) is 24.4. The summed E-state index contributed by atoms with van der Waals surface area (Å²) in [5, 5.41) is 4.13. The molecule has 0 radical (unpaired) electrons. The summed E-state index contributed by atoms with van der Waals surface area (Å²) in [5.74, 6) is 2.67. The first-order chi connectivity index (χ1) is 11.7. The van der Waals surface area contributed by atoms with Crippen LogP contribution in [0.5, 0.6) is 17.2 Å². The molecule has 128 valence electrons. The molecule has 2 bridgehead atoms. The van der Waals surface area contributed by atoms with Crippen molar-refractivity contribution in [3.8, 4) is 17.2 Å². The van der Waals surface area contributed by atoms with Gasteiger partial charge in [0.05, 0.1) is 21.3 Å². The summed E-state index contributed by atoms with van der Waals surface area (Å²) in [6.45, 7) is 0. The Morgan fingerprint density at radius 1 is 1.12 bits per heavy atom. The van der Waals surface area contributed by atoms with Crippen LogP contribution in [0.25, 0.3) is 0 Å². The van der Waals surface area contributed by atoms with Crippen LogP contribution in [0.1, 0.15) is 23.2 Å². The SMILES string of the molecule is COc1cc(C(=O)N/N=C/C2CC3C=CC2C3)cc(OC)c1OC. The highest BCUT2D eigenvalue weighted by atomic mass is 16.5. The molecule has 1 aromatic rings. The van der Waals surface area contributed by atoms with E-state index in [0.717, 1.165) is 6.42 Å². The Labute approximate surface area is 141 Å². The standard InChI is InChI=1S/C18H22N2O4/c1-22-15-8-13(9-16(23-2)17(15)24-3)18(21)20-19-10-14-7-11-4-5-12(14)6-11/h4-5,8-12,14H,6-7H2,1-3H3,(H,20,21)/b19-10+. The average Bonchev–Trinajstić information content (AvgIpc) is 3.23. The second kappa shape index (κ2) is 6.95. The number of hydrazone groups is 1. The van der Waals surface area contributed by atoms with Crippen molar-refractivity contribution in [1.82, 2.24) is 5.43 Å². The molecule has 0 spiro atoms. The molecule has 1 aromatic carbocycles. The Kier molecular flexibility index (Phi) is 4.74. The molecule has 3 rings (SSSR count). The molecule has 0 saturated heterocycles. The van der Waals surface area contributed by atoms with Crippen LogP contribution in [0.3, 0.4) is 0 Å². The Hall–Kier alpha value is -2.50. The van der Waals surface area contributed by atoms with Gasteiger partial charge in [0.25, 0.3) is 5.91 Å². The van der Waals surface area contributed by atoms with Crippen LogP contribution in [0.4, 0.5) is 0 Å². The van der Waals surface area contributed by atoms with Crippen molar-refractivity contribution in [2.24, 2.45) is 22.9 Å². The average molecular weight is 330 g/mol. The van der Waals surface area contributed by atoms with Crippen LogP contribution >= 0.6 is 0 Å². The highest BCUT2D eigenvalue weighted by molar-refractivity contribution is 5.95. The summed E-state index contributed by atoms with van der Waals surface area (Å²) in [5.41, 5.74) is 2.98. The number of allylic oxidation sites excluding steroid dienone is 2. The number of hydrogen-bond donors (Lipinski definition) is 1. The number of methoxy groups -OCH3 is 3. The first-order valence-corrected chi connectivity index (χ1v) is 7.98. The first-order valence-electron chi connectivity index (χ1n) is 7.98. The van der Waals surface area contributed by atoms with Crippen molar-refractivity contribution in [2.75, 3.05) is 21.3 Å². The third kappa shape index (κ3) is 3.09. The molecular formula is C18H22N2O4. The number of benzene rings is 1. The molecule has 1 fully saturated rings. The lowest BCUT2D eigenvalue weighted by atomic mass is 9.95. The third-order valence-electron chi connectivity index (χ3n) is 4.69. The lowest BCUT2D eigenvalue weighted by molar-refractivity contribution is 0.0954. The van der Waals surface area contributed by atoms with Crippen molar-refractivity contribution in [2.45, 2.75) is 12.8 Å². The lowest BCUT2D eigenvalue weighted by Gasteiger charge is -2.14. The van der Waals surface area contributed by atoms with E-state index in [4.69, 9.17) is 14.2 Å². The highest BCUT2D eigenvalue weighted by Crippen LogP contribution is 2.42. The van der Waals surface area contributed by atoms with Gasteiger partial charge < -0.3 is 14.2 Å². The maximum Gasteiger partial charge on any atom is 0.271 e. The van der Waals surface area contributed by atoms with E-state index >= 15 is 0 Å². The Bertz CT molecular complexity index is 659. The van der Waals surface area contributed by atoms with Crippen molar-refractivity contribution >= 4 is 12.1 Å². The summed E-state index contributed by atoms with van der Waals surface area (Å²) in [4.78, 5) is 12.3. The third-order valence-corrected chi connectivity index (χ3v) is 4.69. The van der Waals surface area contributed by atoms with Crippen LogP contribution in [-0.4, -0.2) is 33.5 Å². The van der Waals surface area contributed by atoms with Crippen LogP contribution < -0.4 is 19.6 Å². The minimum Gasteiger partial charge on any atom is -0.493 e. The number of hydrogen-bond acceptors (Lipinski definition) is 5. The van der Waals surface area contributed by atoms with Gasteiger partial charge in [-0.3, -0.25) is 4.79 Å². The van der Waals surface area contributed by atoms with E-state index in [1.807, 2.05) is 6.21 Å². The van der Waals surface area contributed by atoms with E-state index in [1.54, 1.807) is 12.1 Å². The molecule has 0 aliphatic heterocycles. The van der Waals surface area contributed by atoms with E-state index in [0.29, 0.717) is 40.6 Å². The van der Waals surface area contributed by atoms with Crippen molar-refractivity contribution < 1.29 is 19.0 Å². The Morgan fingerprint density at radius 3 is 2.33 bits per heavy atom. The zero-order valence-electron chi connectivity index (χ0n) is 14.1. The number of nitrogens with one attached hydrogen (secondary N) is 1. The van der Waals surface area contributed by atoms with E-state index in [9.17, 15) is 4.79 Å². The van der Waals surface area contributed by atoms with Crippen molar-refractivity contribution in [3.05, 3.63) is 29.8 Å². The molecule has 1 amide bonds. The molecule has 3 atom stereocenters. The van der Waals surface area contributed by atoms with Crippen LogP contribution in [0, 0.1) is 17.8 Å². The van der Waals surface area contributed by atoms with Gasteiger partial charge in [0.15, 0.2) is 11.5 Å². The molecule has 3 unspecified atom stereocenters. The minimum atomic E-state index is -0.316.